The van der Waals surface area contributed by atoms with Gasteiger partial charge in [-0.15, -0.1) is 10.2 Å². The second kappa shape index (κ2) is 6.05. The second-order valence-electron chi connectivity index (χ2n) is 5.89. The maximum absolute atomic E-state index is 12.0. The second-order valence-corrected chi connectivity index (χ2v) is 6.70. The lowest BCUT2D eigenvalue weighted by atomic mass is 10.2. The van der Waals surface area contributed by atoms with E-state index in [1.165, 1.54) is 0 Å². The molecular weight excluding hydrogens is 338 g/mol. The van der Waals surface area contributed by atoms with Gasteiger partial charge in [-0.1, -0.05) is 0 Å². The summed E-state index contributed by atoms with van der Waals surface area (Å²) < 4.78 is 6.01. The Labute approximate surface area is 132 Å². The monoisotopic (exact) mass is 357 g/mol. The first-order chi connectivity index (χ1) is 9.76. The van der Waals surface area contributed by atoms with Crippen molar-refractivity contribution in [3.63, 3.8) is 0 Å². The standard InChI is InChI=1S/C13H20BrN5O2/c1-13(2,3)21-12(20)19-6-4-18(5-7-19)9-8-10(14)16-17-11(9)15/h8H,4-7H2,1-3H3,(H2,15,17). The number of carbonyl (C=O) groups excluding carboxylic acids is 1. The van der Waals surface area contributed by atoms with Gasteiger partial charge < -0.3 is 20.3 Å². The summed E-state index contributed by atoms with van der Waals surface area (Å²) in [7, 11) is 0. The average Bonchev–Trinajstić information content (AvgIpc) is 2.40. The first-order valence-corrected chi connectivity index (χ1v) is 7.57. The molecule has 2 N–H and O–H groups in total. The maximum Gasteiger partial charge on any atom is 0.410 e. The van der Waals surface area contributed by atoms with Gasteiger partial charge in [0.25, 0.3) is 0 Å². The van der Waals surface area contributed by atoms with Crippen LogP contribution >= 0.6 is 15.9 Å². The Morgan fingerprint density at radius 1 is 1.29 bits per heavy atom. The molecule has 0 atom stereocenters. The van der Waals surface area contributed by atoms with Gasteiger partial charge in [0.2, 0.25) is 0 Å². The molecule has 2 rings (SSSR count). The highest BCUT2D eigenvalue weighted by Crippen LogP contribution is 2.24. The molecule has 1 amide bonds. The Morgan fingerprint density at radius 3 is 2.48 bits per heavy atom. The molecule has 1 aliphatic rings. The lowest BCUT2D eigenvalue weighted by molar-refractivity contribution is 0.0240. The molecule has 8 heteroatoms. The number of hydrogen-bond acceptors (Lipinski definition) is 6. The van der Waals surface area contributed by atoms with E-state index in [1.807, 2.05) is 26.8 Å². The van der Waals surface area contributed by atoms with Crippen molar-refractivity contribution in [3.8, 4) is 0 Å². The van der Waals surface area contributed by atoms with Gasteiger partial charge in [0, 0.05) is 26.2 Å². The summed E-state index contributed by atoms with van der Waals surface area (Å²) in [5, 5.41) is 7.74. The van der Waals surface area contributed by atoms with Crippen LogP contribution in [0.15, 0.2) is 10.7 Å². The number of nitrogen functional groups attached to an aromatic ring is 1. The van der Waals surface area contributed by atoms with Crippen LogP contribution in [0.3, 0.4) is 0 Å². The minimum atomic E-state index is -0.474. The number of amides is 1. The molecule has 0 saturated carbocycles. The fourth-order valence-electron chi connectivity index (χ4n) is 2.08. The van der Waals surface area contributed by atoms with Gasteiger partial charge in [-0.05, 0) is 42.8 Å². The number of hydrogen-bond donors (Lipinski definition) is 1. The SMILES string of the molecule is CC(C)(C)OC(=O)N1CCN(c2cc(Br)nnc2N)CC1. The quantitative estimate of drug-likeness (QED) is 0.825. The first kappa shape index (κ1) is 15.8. The Balaban J connectivity index is 1.97. The van der Waals surface area contributed by atoms with Crippen LogP contribution in [0.5, 0.6) is 0 Å². The molecule has 0 spiro atoms. The summed E-state index contributed by atoms with van der Waals surface area (Å²) in [4.78, 5) is 15.8. The van der Waals surface area contributed by atoms with Gasteiger partial charge in [-0.3, -0.25) is 0 Å². The molecule has 1 saturated heterocycles. The molecule has 21 heavy (non-hydrogen) atoms. The highest BCUT2D eigenvalue weighted by atomic mass is 79.9. The zero-order valence-corrected chi connectivity index (χ0v) is 14.1. The molecule has 1 aliphatic heterocycles. The minimum Gasteiger partial charge on any atom is -0.444 e. The first-order valence-electron chi connectivity index (χ1n) is 6.78. The smallest absolute Gasteiger partial charge is 0.410 e. The van der Waals surface area contributed by atoms with Crippen LogP contribution < -0.4 is 10.6 Å². The third-order valence-corrected chi connectivity index (χ3v) is 3.43. The topological polar surface area (TPSA) is 84.6 Å². The van der Waals surface area contributed by atoms with Crippen molar-refractivity contribution in [2.75, 3.05) is 36.8 Å². The average molecular weight is 358 g/mol. The van der Waals surface area contributed by atoms with Gasteiger partial charge >= 0.3 is 6.09 Å². The predicted molar refractivity (Wildman–Crippen MR) is 84.2 cm³/mol. The van der Waals surface area contributed by atoms with Crippen molar-refractivity contribution < 1.29 is 9.53 Å². The summed E-state index contributed by atoms with van der Waals surface area (Å²) in [5.74, 6) is 0.393. The highest BCUT2D eigenvalue weighted by molar-refractivity contribution is 9.10. The van der Waals surface area contributed by atoms with E-state index in [-0.39, 0.29) is 6.09 Å². The number of ether oxygens (including phenoxy) is 1. The van der Waals surface area contributed by atoms with E-state index in [4.69, 9.17) is 10.5 Å². The lowest BCUT2D eigenvalue weighted by Gasteiger charge is -2.36. The summed E-state index contributed by atoms with van der Waals surface area (Å²) >= 11 is 3.29. The van der Waals surface area contributed by atoms with Gasteiger partial charge in [0.15, 0.2) is 5.82 Å². The fraction of sp³-hybridized carbons (Fsp3) is 0.615. The van der Waals surface area contributed by atoms with E-state index < -0.39 is 5.60 Å². The van der Waals surface area contributed by atoms with Crippen LogP contribution in [0.25, 0.3) is 0 Å². The summed E-state index contributed by atoms with van der Waals surface area (Å²) in [6.45, 7) is 8.14. The van der Waals surface area contributed by atoms with Gasteiger partial charge in [-0.25, -0.2) is 4.79 Å². The molecule has 1 fully saturated rings. The van der Waals surface area contributed by atoms with Crippen molar-refractivity contribution >= 4 is 33.5 Å². The number of nitrogens with two attached hydrogens (primary N) is 1. The third-order valence-electron chi connectivity index (χ3n) is 3.04. The molecule has 1 aromatic rings. The molecular formula is C13H20BrN5O2. The van der Waals surface area contributed by atoms with E-state index in [1.54, 1.807) is 4.90 Å². The highest BCUT2D eigenvalue weighted by Gasteiger charge is 2.26. The van der Waals surface area contributed by atoms with Crippen molar-refractivity contribution in [3.05, 3.63) is 10.7 Å². The zero-order chi connectivity index (χ0) is 15.6. The maximum atomic E-state index is 12.0. The Hall–Kier alpha value is -1.57. The number of rotatable bonds is 1. The number of anilines is 2. The Bertz CT molecular complexity index is 524. The molecule has 0 aromatic carbocycles. The lowest BCUT2D eigenvalue weighted by Crippen LogP contribution is -2.50. The number of halogens is 1. The fourth-order valence-corrected chi connectivity index (χ4v) is 2.37. The molecule has 0 unspecified atom stereocenters. The van der Waals surface area contributed by atoms with Gasteiger partial charge in [0.1, 0.15) is 10.2 Å². The molecule has 0 radical (unpaired) electrons. The van der Waals surface area contributed by atoms with Crippen molar-refractivity contribution in [1.29, 1.82) is 0 Å². The normalized spacial score (nSPS) is 16.0. The van der Waals surface area contributed by atoms with E-state index in [0.29, 0.717) is 36.6 Å². The van der Waals surface area contributed by atoms with Crippen LogP contribution in [0.4, 0.5) is 16.3 Å². The molecule has 116 valence electrons. The van der Waals surface area contributed by atoms with E-state index in [0.717, 1.165) is 5.69 Å². The number of nitrogens with zero attached hydrogens (tertiary/aromatic N) is 4. The summed E-state index contributed by atoms with van der Waals surface area (Å²) in [6.07, 6.45) is -0.274. The van der Waals surface area contributed by atoms with Gasteiger partial charge in [0.05, 0.1) is 5.69 Å². The molecule has 0 aliphatic carbocycles. The van der Waals surface area contributed by atoms with Crippen molar-refractivity contribution in [2.24, 2.45) is 0 Å². The van der Waals surface area contributed by atoms with E-state index in [9.17, 15) is 4.79 Å². The van der Waals surface area contributed by atoms with Crippen molar-refractivity contribution in [1.82, 2.24) is 15.1 Å². The van der Waals surface area contributed by atoms with Crippen molar-refractivity contribution in [2.45, 2.75) is 26.4 Å². The van der Waals surface area contributed by atoms with Gasteiger partial charge in [-0.2, -0.15) is 0 Å². The predicted octanol–water partition coefficient (Wildman–Crippen LogP) is 1.88. The Kier molecular flexibility index (Phi) is 4.55. The Morgan fingerprint density at radius 2 is 1.90 bits per heavy atom. The summed E-state index contributed by atoms with van der Waals surface area (Å²) in [5.41, 5.74) is 6.22. The van der Waals surface area contributed by atoms with Crippen LogP contribution in [0.2, 0.25) is 0 Å². The van der Waals surface area contributed by atoms with Crippen LogP contribution in [-0.2, 0) is 4.74 Å². The van der Waals surface area contributed by atoms with Crippen LogP contribution in [0, 0.1) is 0 Å². The largest absolute Gasteiger partial charge is 0.444 e. The number of carbonyl (C=O) groups is 1. The van der Waals surface area contributed by atoms with E-state index in [2.05, 4.69) is 31.0 Å². The van der Waals surface area contributed by atoms with E-state index >= 15 is 0 Å². The zero-order valence-electron chi connectivity index (χ0n) is 12.5. The summed E-state index contributed by atoms with van der Waals surface area (Å²) in [6, 6.07) is 1.84. The van der Waals surface area contributed by atoms with Crippen LogP contribution in [-0.4, -0.2) is 53.0 Å². The van der Waals surface area contributed by atoms with Crippen LogP contribution in [0.1, 0.15) is 20.8 Å². The number of aromatic nitrogens is 2. The number of piperazine rings is 1. The molecule has 1 aromatic heterocycles. The molecule has 7 nitrogen and oxygen atoms in total. The molecule has 2 heterocycles. The minimum absolute atomic E-state index is 0.274. The molecule has 0 bridgehead atoms. The third kappa shape index (κ3) is 4.20.